The Morgan fingerprint density at radius 1 is 1.42 bits per heavy atom. The molecular formula is C12H22N4O2S. The molecule has 0 aromatic rings. The molecule has 1 saturated carbocycles. The van der Waals surface area contributed by atoms with E-state index in [1.54, 1.807) is 0 Å². The minimum absolute atomic E-state index is 0.0184. The molecule has 0 spiro atoms. The van der Waals surface area contributed by atoms with Crippen LogP contribution in [0.3, 0.4) is 0 Å². The van der Waals surface area contributed by atoms with Crippen LogP contribution in [0.5, 0.6) is 0 Å². The minimum Gasteiger partial charge on any atom is -0.298 e. The van der Waals surface area contributed by atoms with Crippen LogP contribution < -0.4 is 4.72 Å². The fraction of sp³-hybridized carbons (Fsp3) is 0.917. The van der Waals surface area contributed by atoms with Gasteiger partial charge in [-0.2, -0.15) is 22.7 Å². The van der Waals surface area contributed by atoms with Crippen LogP contribution in [-0.4, -0.2) is 56.4 Å². The van der Waals surface area contributed by atoms with Gasteiger partial charge in [0.15, 0.2) is 0 Å². The molecule has 19 heavy (non-hydrogen) atoms. The number of nitrogens with one attached hydrogen (secondary N) is 1. The second-order valence-corrected chi connectivity index (χ2v) is 7.43. The van der Waals surface area contributed by atoms with Crippen molar-refractivity contribution in [3.8, 4) is 6.07 Å². The maximum Gasteiger partial charge on any atom is 0.279 e. The highest BCUT2D eigenvalue weighted by Gasteiger charge is 2.39. The second kappa shape index (κ2) is 5.75. The minimum atomic E-state index is -3.47. The third-order valence-electron chi connectivity index (χ3n) is 3.95. The zero-order valence-electron chi connectivity index (χ0n) is 11.5. The fourth-order valence-corrected chi connectivity index (χ4v) is 3.71. The molecular weight excluding hydrogens is 264 g/mol. The summed E-state index contributed by atoms with van der Waals surface area (Å²) in [5.41, 5.74) is 0. The average molecular weight is 286 g/mol. The molecule has 2 rings (SSSR count). The molecule has 0 amide bonds. The highest BCUT2D eigenvalue weighted by atomic mass is 32.2. The number of rotatable bonds is 6. The summed E-state index contributed by atoms with van der Waals surface area (Å²) in [6.45, 7) is 4.10. The van der Waals surface area contributed by atoms with Gasteiger partial charge >= 0.3 is 0 Å². The number of nitrogens with zero attached hydrogens (tertiary/aromatic N) is 3. The lowest BCUT2D eigenvalue weighted by atomic mass is 10.1. The smallest absolute Gasteiger partial charge is 0.279 e. The summed E-state index contributed by atoms with van der Waals surface area (Å²) < 4.78 is 28.2. The van der Waals surface area contributed by atoms with E-state index in [9.17, 15) is 8.42 Å². The van der Waals surface area contributed by atoms with Crippen molar-refractivity contribution in [2.24, 2.45) is 5.92 Å². The van der Waals surface area contributed by atoms with E-state index in [0.717, 1.165) is 13.1 Å². The van der Waals surface area contributed by atoms with Crippen LogP contribution >= 0.6 is 0 Å². The van der Waals surface area contributed by atoms with Gasteiger partial charge in [-0.3, -0.25) is 4.90 Å². The standard InChI is InChI=1S/C12H22N4O2S/c1-10-8-16(11-4-5-11)9-12(10)14-19(17,18)15(2)7-3-6-13/h10-12,14H,3-5,7-9H2,1-2H3. The average Bonchev–Trinajstić information content (AvgIpc) is 3.13. The third-order valence-corrected chi connectivity index (χ3v) is 5.56. The molecule has 0 radical (unpaired) electrons. The van der Waals surface area contributed by atoms with E-state index in [-0.39, 0.29) is 19.0 Å². The lowest BCUT2D eigenvalue weighted by Crippen LogP contribution is -2.46. The van der Waals surface area contributed by atoms with Crippen molar-refractivity contribution in [2.75, 3.05) is 26.7 Å². The van der Waals surface area contributed by atoms with Gasteiger partial charge in [-0.05, 0) is 18.8 Å². The SMILES string of the molecule is CC1CN(C2CC2)CC1NS(=O)(=O)N(C)CCC#N. The molecule has 0 bridgehead atoms. The van der Waals surface area contributed by atoms with Gasteiger partial charge in [0, 0.05) is 45.2 Å². The summed E-state index contributed by atoms with van der Waals surface area (Å²) in [6.07, 6.45) is 2.70. The predicted octanol–water partition coefficient (Wildman–Crippen LogP) is 0.149. The van der Waals surface area contributed by atoms with Gasteiger partial charge in [0.25, 0.3) is 10.2 Å². The monoisotopic (exact) mass is 286 g/mol. The molecule has 6 nitrogen and oxygen atoms in total. The van der Waals surface area contributed by atoms with E-state index >= 15 is 0 Å². The Labute approximate surface area is 115 Å². The summed E-state index contributed by atoms with van der Waals surface area (Å²) in [4.78, 5) is 2.38. The van der Waals surface area contributed by atoms with Gasteiger partial charge < -0.3 is 0 Å². The van der Waals surface area contributed by atoms with E-state index in [4.69, 9.17) is 5.26 Å². The largest absolute Gasteiger partial charge is 0.298 e. The Kier molecular flexibility index (Phi) is 4.46. The molecule has 0 aromatic heterocycles. The summed E-state index contributed by atoms with van der Waals surface area (Å²) in [5.74, 6) is 0.333. The van der Waals surface area contributed by atoms with Crippen molar-refractivity contribution < 1.29 is 8.42 Å². The fourth-order valence-electron chi connectivity index (χ4n) is 2.50. The van der Waals surface area contributed by atoms with E-state index in [1.165, 1.54) is 24.2 Å². The maximum atomic E-state index is 12.1. The van der Waals surface area contributed by atoms with Gasteiger partial charge in [0.05, 0.1) is 6.07 Å². The summed E-state index contributed by atoms with van der Waals surface area (Å²) in [5, 5.41) is 8.51. The summed E-state index contributed by atoms with van der Waals surface area (Å²) >= 11 is 0. The molecule has 2 atom stereocenters. The Bertz CT molecular complexity index is 455. The van der Waals surface area contributed by atoms with Crippen LogP contribution in [0.4, 0.5) is 0 Å². The van der Waals surface area contributed by atoms with Gasteiger partial charge in [0.1, 0.15) is 0 Å². The first kappa shape index (κ1) is 14.7. The number of hydrogen-bond donors (Lipinski definition) is 1. The highest BCUT2D eigenvalue weighted by molar-refractivity contribution is 7.87. The zero-order valence-corrected chi connectivity index (χ0v) is 12.4. The Balaban J connectivity index is 1.90. The Morgan fingerprint density at radius 2 is 2.11 bits per heavy atom. The summed E-state index contributed by atoms with van der Waals surface area (Å²) in [7, 11) is -1.96. The van der Waals surface area contributed by atoms with Gasteiger partial charge in [-0.15, -0.1) is 0 Å². The van der Waals surface area contributed by atoms with Crippen molar-refractivity contribution in [1.29, 1.82) is 5.26 Å². The van der Waals surface area contributed by atoms with Crippen LogP contribution in [0.2, 0.25) is 0 Å². The van der Waals surface area contributed by atoms with E-state index in [2.05, 4.69) is 16.5 Å². The molecule has 1 aliphatic heterocycles. The number of hydrogen-bond acceptors (Lipinski definition) is 4. The molecule has 108 valence electrons. The molecule has 1 aliphatic carbocycles. The topological polar surface area (TPSA) is 76.4 Å². The predicted molar refractivity (Wildman–Crippen MR) is 72.5 cm³/mol. The lowest BCUT2D eigenvalue weighted by Gasteiger charge is -2.22. The molecule has 1 saturated heterocycles. The van der Waals surface area contributed by atoms with Crippen LogP contribution in [0, 0.1) is 17.2 Å². The normalized spacial score (nSPS) is 28.7. The van der Waals surface area contributed by atoms with Crippen LogP contribution in [0.1, 0.15) is 26.2 Å². The van der Waals surface area contributed by atoms with Crippen molar-refractivity contribution >= 4 is 10.2 Å². The molecule has 7 heteroatoms. The van der Waals surface area contributed by atoms with E-state index in [1.807, 2.05) is 6.07 Å². The third kappa shape index (κ3) is 3.66. The van der Waals surface area contributed by atoms with Crippen LogP contribution in [0.15, 0.2) is 0 Å². The lowest BCUT2D eigenvalue weighted by molar-refractivity contribution is 0.315. The first-order chi connectivity index (χ1) is 8.94. The highest BCUT2D eigenvalue weighted by Crippen LogP contribution is 2.31. The molecule has 1 heterocycles. The maximum absolute atomic E-state index is 12.1. The van der Waals surface area contributed by atoms with Crippen molar-refractivity contribution in [3.63, 3.8) is 0 Å². The Hall–Kier alpha value is -0.680. The first-order valence-electron chi connectivity index (χ1n) is 6.78. The van der Waals surface area contributed by atoms with Gasteiger partial charge in [-0.1, -0.05) is 6.92 Å². The van der Waals surface area contributed by atoms with E-state index < -0.39 is 10.2 Å². The zero-order chi connectivity index (χ0) is 14.0. The molecule has 2 aliphatic rings. The van der Waals surface area contributed by atoms with Gasteiger partial charge in [-0.25, -0.2) is 0 Å². The molecule has 2 unspecified atom stereocenters. The second-order valence-electron chi connectivity index (χ2n) is 5.62. The van der Waals surface area contributed by atoms with Crippen molar-refractivity contribution in [2.45, 2.75) is 38.3 Å². The van der Waals surface area contributed by atoms with Crippen LogP contribution in [-0.2, 0) is 10.2 Å². The molecule has 1 N–H and O–H groups in total. The van der Waals surface area contributed by atoms with Crippen LogP contribution in [0.25, 0.3) is 0 Å². The molecule has 2 fully saturated rings. The summed E-state index contributed by atoms with van der Waals surface area (Å²) in [6, 6.07) is 2.62. The quantitative estimate of drug-likeness (QED) is 0.754. The number of likely N-dealkylation sites (tertiary alicyclic amines) is 1. The number of nitriles is 1. The van der Waals surface area contributed by atoms with Crippen molar-refractivity contribution in [1.82, 2.24) is 13.9 Å². The van der Waals surface area contributed by atoms with E-state index in [0.29, 0.717) is 12.0 Å². The molecule has 0 aromatic carbocycles. The first-order valence-corrected chi connectivity index (χ1v) is 8.22. The van der Waals surface area contributed by atoms with Gasteiger partial charge in [0.2, 0.25) is 0 Å². The Morgan fingerprint density at radius 3 is 2.68 bits per heavy atom. The van der Waals surface area contributed by atoms with Crippen molar-refractivity contribution in [3.05, 3.63) is 0 Å².